The monoisotopic (exact) mass is 394 g/mol. The van der Waals surface area contributed by atoms with Crippen LogP contribution in [0.2, 0.25) is 0 Å². The largest absolute Gasteiger partial charge is 0.361 e. The van der Waals surface area contributed by atoms with Gasteiger partial charge >= 0.3 is 0 Å². The molecule has 1 aliphatic heterocycles. The smallest absolute Gasteiger partial charge is 0.236 e. The van der Waals surface area contributed by atoms with Crippen LogP contribution in [0.3, 0.4) is 0 Å². The summed E-state index contributed by atoms with van der Waals surface area (Å²) in [5.41, 5.74) is 3.02. The van der Waals surface area contributed by atoms with Crippen molar-refractivity contribution in [3.05, 3.63) is 28.1 Å². The van der Waals surface area contributed by atoms with Crippen molar-refractivity contribution in [1.82, 2.24) is 15.0 Å². The van der Waals surface area contributed by atoms with Gasteiger partial charge in [-0.05, 0) is 45.7 Å². The summed E-state index contributed by atoms with van der Waals surface area (Å²) in [4.78, 5) is 19.1. The number of likely N-dealkylation sites (tertiary alicyclic amines) is 1. The normalized spacial score (nSPS) is 16.1. The number of rotatable bonds is 7. The average Bonchev–Trinajstić information content (AvgIpc) is 3.17. The summed E-state index contributed by atoms with van der Waals surface area (Å²) in [7, 11) is 0. The molecule has 26 heavy (non-hydrogen) atoms. The van der Waals surface area contributed by atoms with E-state index >= 15 is 0 Å². The van der Waals surface area contributed by atoms with Crippen LogP contribution in [-0.4, -0.2) is 39.8 Å². The molecule has 3 rings (SSSR count). The Morgan fingerprint density at radius 2 is 2.19 bits per heavy atom. The van der Waals surface area contributed by atoms with Gasteiger partial charge in [0.2, 0.25) is 5.91 Å². The second-order valence-electron chi connectivity index (χ2n) is 6.95. The van der Waals surface area contributed by atoms with Gasteiger partial charge in [-0.15, -0.1) is 23.1 Å². The zero-order valence-electron chi connectivity index (χ0n) is 15.6. The van der Waals surface area contributed by atoms with Crippen molar-refractivity contribution in [1.29, 1.82) is 0 Å². The molecule has 3 heterocycles. The van der Waals surface area contributed by atoms with Crippen LogP contribution < -0.4 is 5.32 Å². The van der Waals surface area contributed by atoms with Gasteiger partial charge in [-0.3, -0.25) is 9.69 Å². The summed E-state index contributed by atoms with van der Waals surface area (Å²) >= 11 is 3.06. The molecule has 0 saturated carbocycles. The van der Waals surface area contributed by atoms with Crippen LogP contribution in [-0.2, 0) is 17.1 Å². The first-order valence-corrected chi connectivity index (χ1v) is 11.0. The van der Waals surface area contributed by atoms with Gasteiger partial charge in [0.05, 0.1) is 17.1 Å². The van der Waals surface area contributed by atoms with E-state index in [0.717, 1.165) is 54.0 Å². The zero-order valence-corrected chi connectivity index (χ0v) is 17.2. The Balaban J connectivity index is 1.41. The second kappa shape index (κ2) is 9.01. The van der Waals surface area contributed by atoms with Crippen LogP contribution in [0, 0.1) is 19.8 Å². The molecule has 1 amide bonds. The topological polar surface area (TPSA) is 71.3 Å². The molecule has 1 saturated heterocycles. The van der Waals surface area contributed by atoms with Crippen LogP contribution in [0.15, 0.2) is 9.90 Å². The maximum Gasteiger partial charge on any atom is 0.236 e. The summed E-state index contributed by atoms with van der Waals surface area (Å²) in [5, 5.41) is 9.58. The van der Waals surface area contributed by atoms with E-state index in [0.29, 0.717) is 10.9 Å². The molecular formula is C18H26N4O2S2. The average molecular weight is 395 g/mol. The van der Waals surface area contributed by atoms with E-state index in [4.69, 9.17) is 4.52 Å². The number of nitrogens with zero attached hydrogens (tertiary/aromatic N) is 3. The van der Waals surface area contributed by atoms with E-state index in [1.807, 2.05) is 19.2 Å². The van der Waals surface area contributed by atoms with Crippen LogP contribution in [0.25, 0.3) is 0 Å². The molecule has 8 heteroatoms. The highest BCUT2D eigenvalue weighted by atomic mass is 32.2. The van der Waals surface area contributed by atoms with Gasteiger partial charge < -0.3 is 9.84 Å². The van der Waals surface area contributed by atoms with E-state index in [-0.39, 0.29) is 5.91 Å². The van der Waals surface area contributed by atoms with Crippen molar-refractivity contribution in [2.24, 2.45) is 5.92 Å². The molecular weight excluding hydrogens is 368 g/mol. The number of piperidine rings is 1. The highest BCUT2D eigenvalue weighted by molar-refractivity contribution is 7.99. The first-order valence-electron chi connectivity index (χ1n) is 8.97. The molecule has 1 aliphatic rings. The van der Waals surface area contributed by atoms with Crippen molar-refractivity contribution in [3.8, 4) is 0 Å². The van der Waals surface area contributed by atoms with Crippen molar-refractivity contribution in [2.75, 3.05) is 24.2 Å². The maximum atomic E-state index is 12.1. The molecule has 2 aromatic rings. The fourth-order valence-electron chi connectivity index (χ4n) is 3.00. The molecule has 6 nitrogen and oxygen atoms in total. The molecule has 0 radical (unpaired) electrons. The Morgan fingerprint density at radius 3 is 2.88 bits per heavy atom. The number of aromatic nitrogens is 2. The molecule has 0 unspecified atom stereocenters. The van der Waals surface area contributed by atoms with Gasteiger partial charge in [0.15, 0.2) is 5.13 Å². The summed E-state index contributed by atoms with van der Waals surface area (Å²) < 4.78 is 5.14. The number of carbonyl (C=O) groups excluding carboxylic acids is 1. The van der Waals surface area contributed by atoms with Gasteiger partial charge in [-0.2, -0.15) is 0 Å². The van der Waals surface area contributed by atoms with Crippen LogP contribution in [0.4, 0.5) is 5.13 Å². The highest BCUT2D eigenvalue weighted by Crippen LogP contribution is 2.22. The summed E-state index contributed by atoms with van der Waals surface area (Å²) in [6.45, 7) is 9.29. The Morgan fingerprint density at radius 1 is 1.42 bits per heavy atom. The van der Waals surface area contributed by atoms with E-state index in [1.54, 1.807) is 11.8 Å². The third kappa shape index (κ3) is 5.31. The van der Waals surface area contributed by atoms with Crippen LogP contribution in [0.1, 0.15) is 42.5 Å². The van der Waals surface area contributed by atoms with Crippen molar-refractivity contribution in [2.45, 2.75) is 45.9 Å². The number of anilines is 1. The zero-order chi connectivity index (χ0) is 18.5. The van der Waals surface area contributed by atoms with Gasteiger partial charge in [0.1, 0.15) is 5.76 Å². The van der Waals surface area contributed by atoms with E-state index in [9.17, 15) is 4.79 Å². The van der Waals surface area contributed by atoms with Crippen molar-refractivity contribution < 1.29 is 9.32 Å². The molecule has 1 N–H and O–H groups in total. The number of thioether (sulfide) groups is 1. The van der Waals surface area contributed by atoms with Crippen molar-refractivity contribution in [3.63, 3.8) is 0 Å². The minimum atomic E-state index is -0.0190. The minimum Gasteiger partial charge on any atom is -0.361 e. The Bertz CT molecular complexity index is 716. The molecule has 1 fully saturated rings. The van der Waals surface area contributed by atoms with Gasteiger partial charge in [0, 0.05) is 23.2 Å². The number of amides is 1. The van der Waals surface area contributed by atoms with E-state index < -0.39 is 0 Å². The first kappa shape index (κ1) is 19.4. The SMILES string of the molecule is Cc1noc(C)c1CSCC(=O)Nc1nc(CN2CCC(C)CC2)cs1. The second-order valence-corrected chi connectivity index (χ2v) is 8.79. The standard InChI is InChI=1S/C18H26N4O2S2/c1-12-4-6-22(7-5-12)8-15-9-26-18(19-15)20-17(23)11-25-10-16-13(2)21-24-14(16)3/h9,12H,4-8,10-11H2,1-3H3,(H,19,20,23). The Hall–Kier alpha value is -1.38. The Kier molecular flexibility index (Phi) is 6.72. The number of aryl methyl sites for hydroxylation is 2. The lowest BCUT2D eigenvalue weighted by Crippen LogP contribution is -2.32. The summed E-state index contributed by atoms with van der Waals surface area (Å²) in [6.07, 6.45) is 2.52. The van der Waals surface area contributed by atoms with Gasteiger partial charge in [-0.25, -0.2) is 4.98 Å². The van der Waals surface area contributed by atoms with Gasteiger partial charge in [0.25, 0.3) is 0 Å². The Labute approximate surface area is 162 Å². The molecule has 0 aliphatic carbocycles. The van der Waals surface area contributed by atoms with Gasteiger partial charge in [-0.1, -0.05) is 12.1 Å². The molecule has 2 aromatic heterocycles. The minimum absolute atomic E-state index is 0.0190. The number of hydrogen-bond donors (Lipinski definition) is 1. The van der Waals surface area contributed by atoms with Crippen LogP contribution >= 0.6 is 23.1 Å². The number of carbonyl (C=O) groups is 1. The molecule has 0 spiro atoms. The molecule has 0 aromatic carbocycles. The lowest BCUT2D eigenvalue weighted by molar-refractivity contribution is -0.113. The number of thiazole rings is 1. The predicted molar refractivity (Wildman–Crippen MR) is 107 cm³/mol. The fourth-order valence-corrected chi connectivity index (χ4v) is 4.69. The van der Waals surface area contributed by atoms with Crippen molar-refractivity contribution >= 4 is 34.1 Å². The predicted octanol–water partition coefficient (Wildman–Crippen LogP) is 3.85. The maximum absolute atomic E-state index is 12.1. The quantitative estimate of drug-likeness (QED) is 0.769. The number of hydrogen-bond acceptors (Lipinski definition) is 7. The fraction of sp³-hybridized carbons (Fsp3) is 0.611. The highest BCUT2D eigenvalue weighted by Gasteiger charge is 2.17. The molecule has 142 valence electrons. The summed E-state index contributed by atoms with van der Waals surface area (Å²) in [6, 6.07) is 0. The lowest BCUT2D eigenvalue weighted by atomic mass is 9.99. The van der Waals surface area contributed by atoms with E-state index in [1.165, 1.54) is 24.2 Å². The lowest BCUT2D eigenvalue weighted by Gasteiger charge is -2.29. The van der Waals surface area contributed by atoms with E-state index in [2.05, 4.69) is 27.3 Å². The first-order chi connectivity index (χ1) is 12.5. The third-order valence-electron chi connectivity index (χ3n) is 4.72. The molecule has 0 bridgehead atoms. The molecule has 0 atom stereocenters. The number of nitrogens with one attached hydrogen (secondary N) is 1. The third-order valence-corrected chi connectivity index (χ3v) is 6.49. The summed E-state index contributed by atoms with van der Waals surface area (Å²) in [5.74, 6) is 2.76. The van der Waals surface area contributed by atoms with Crippen LogP contribution in [0.5, 0.6) is 0 Å².